The Labute approximate surface area is 167 Å². The Morgan fingerprint density at radius 3 is 2.66 bits per heavy atom. The fourth-order valence-corrected chi connectivity index (χ4v) is 2.68. The molecule has 0 aliphatic heterocycles. The highest BCUT2D eigenvalue weighted by atomic mass is 16.6. The van der Waals surface area contributed by atoms with E-state index in [1.165, 1.54) is 29.6 Å². The number of carbonyl (C=O) groups is 1. The molecule has 0 saturated heterocycles. The van der Waals surface area contributed by atoms with E-state index in [1.54, 1.807) is 17.8 Å². The maximum absolute atomic E-state index is 12.4. The Balaban J connectivity index is 1.57. The van der Waals surface area contributed by atoms with Crippen LogP contribution in [0.5, 0.6) is 5.75 Å². The molecule has 3 rings (SSSR count). The second-order valence-corrected chi connectivity index (χ2v) is 6.54. The number of aromatic nitrogens is 4. The van der Waals surface area contributed by atoms with Crippen molar-refractivity contribution in [3.8, 4) is 5.75 Å². The minimum absolute atomic E-state index is 0.124. The molecule has 1 atom stereocenters. The molecule has 2 heterocycles. The van der Waals surface area contributed by atoms with Gasteiger partial charge >= 0.3 is 5.69 Å². The van der Waals surface area contributed by atoms with Crippen LogP contribution in [0, 0.1) is 17.0 Å². The summed E-state index contributed by atoms with van der Waals surface area (Å²) in [5.41, 5.74) is 1.85. The number of aryl methyl sites for hydroxylation is 2. The first-order valence-corrected chi connectivity index (χ1v) is 9.12. The Bertz CT molecular complexity index is 1010. The molecular weight excluding hydrogens is 376 g/mol. The number of anilines is 1. The number of amides is 1. The molecule has 1 unspecified atom stereocenters. The van der Waals surface area contributed by atoms with Crippen molar-refractivity contribution in [3.63, 3.8) is 0 Å². The van der Waals surface area contributed by atoms with Crippen LogP contribution in [0.3, 0.4) is 0 Å². The fraction of sp³-hybridized carbons (Fsp3) is 0.316. The minimum Gasteiger partial charge on any atom is -0.471 e. The molecule has 1 amide bonds. The number of hydrogen-bond acceptors (Lipinski definition) is 6. The SMILES string of the molecule is CCc1ccc(OCn2cc(NC(=O)C(C)n3cc([N+](=O)[O-])c(C)n3)cn2)cc1. The number of carbonyl (C=O) groups excluding carboxylic acids is 1. The third-order valence-corrected chi connectivity index (χ3v) is 4.46. The molecule has 29 heavy (non-hydrogen) atoms. The van der Waals surface area contributed by atoms with Gasteiger partial charge in [0.25, 0.3) is 0 Å². The number of nitrogens with zero attached hydrogens (tertiary/aromatic N) is 5. The first-order valence-electron chi connectivity index (χ1n) is 9.12. The topological polar surface area (TPSA) is 117 Å². The van der Waals surface area contributed by atoms with Crippen molar-refractivity contribution in [2.45, 2.75) is 40.0 Å². The molecule has 10 heteroatoms. The highest BCUT2D eigenvalue weighted by Gasteiger charge is 2.22. The second-order valence-electron chi connectivity index (χ2n) is 6.54. The Morgan fingerprint density at radius 2 is 2.03 bits per heavy atom. The average Bonchev–Trinajstić information content (AvgIpc) is 3.32. The average molecular weight is 398 g/mol. The first kappa shape index (κ1) is 20.1. The van der Waals surface area contributed by atoms with Crippen molar-refractivity contribution in [2.75, 3.05) is 5.32 Å². The molecule has 0 aliphatic carbocycles. The fourth-order valence-electron chi connectivity index (χ4n) is 2.68. The third kappa shape index (κ3) is 4.78. The molecule has 3 aromatic rings. The van der Waals surface area contributed by atoms with Crippen LogP contribution in [0.4, 0.5) is 11.4 Å². The van der Waals surface area contributed by atoms with Crippen molar-refractivity contribution in [1.29, 1.82) is 0 Å². The lowest BCUT2D eigenvalue weighted by Gasteiger charge is -2.11. The van der Waals surface area contributed by atoms with Crippen LogP contribution in [-0.2, 0) is 17.9 Å². The van der Waals surface area contributed by atoms with Crippen LogP contribution < -0.4 is 10.1 Å². The summed E-state index contributed by atoms with van der Waals surface area (Å²) in [6.07, 6.45) is 5.36. The van der Waals surface area contributed by atoms with Crippen LogP contribution >= 0.6 is 0 Å². The lowest BCUT2D eigenvalue weighted by molar-refractivity contribution is -0.385. The van der Waals surface area contributed by atoms with Gasteiger partial charge < -0.3 is 10.1 Å². The number of nitro groups is 1. The highest BCUT2D eigenvalue weighted by Crippen LogP contribution is 2.19. The van der Waals surface area contributed by atoms with E-state index in [1.807, 2.05) is 24.3 Å². The van der Waals surface area contributed by atoms with Gasteiger partial charge in [-0.25, -0.2) is 4.68 Å². The normalized spacial score (nSPS) is 11.8. The van der Waals surface area contributed by atoms with Gasteiger partial charge in [-0.2, -0.15) is 10.2 Å². The zero-order chi connectivity index (χ0) is 21.0. The van der Waals surface area contributed by atoms with Gasteiger partial charge in [0.1, 0.15) is 23.7 Å². The van der Waals surface area contributed by atoms with E-state index in [9.17, 15) is 14.9 Å². The molecule has 0 aliphatic rings. The number of rotatable bonds is 8. The standard InChI is InChI=1S/C19H22N6O4/c1-4-15-5-7-17(8-6-15)29-12-23-10-16(9-20-23)21-19(26)14(3)24-11-18(25(27)28)13(2)22-24/h5-11,14H,4,12H2,1-3H3,(H,21,26). The first-order chi connectivity index (χ1) is 13.9. The van der Waals surface area contributed by atoms with E-state index in [2.05, 4.69) is 22.4 Å². The van der Waals surface area contributed by atoms with Gasteiger partial charge in [-0.15, -0.1) is 0 Å². The predicted molar refractivity (Wildman–Crippen MR) is 106 cm³/mol. The van der Waals surface area contributed by atoms with E-state index in [4.69, 9.17) is 4.74 Å². The van der Waals surface area contributed by atoms with Gasteiger partial charge in [0.05, 0.1) is 23.0 Å². The number of ether oxygens (including phenoxy) is 1. The molecule has 0 spiro atoms. The van der Waals surface area contributed by atoms with Crippen molar-refractivity contribution in [2.24, 2.45) is 0 Å². The number of benzene rings is 1. The monoisotopic (exact) mass is 398 g/mol. The molecule has 0 bridgehead atoms. The van der Waals surface area contributed by atoms with Gasteiger partial charge in [0.2, 0.25) is 5.91 Å². The molecular formula is C19H22N6O4. The summed E-state index contributed by atoms with van der Waals surface area (Å²) in [6.45, 7) is 5.42. The van der Waals surface area contributed by atoms with Crippen molar-refractivity contribution in [1.82, 2.24) is 19.6 Å². The summed E-state index contributed by atoms with van der Waals surface area (Å²) in [7, 11) is 0. The van der Waals surface area contributed by atoms with Gasteiger partial charge in [-0.05, 0) is 38.0 Å². The predicted octanol–water partition coefficient (Wildman–Crippen LogP) is 3.09. The molecule has 1 N–H and O–H groups in total. The molecule has 2 aromatic heterocycles. The number of hydrogen-bond donors (Lipinski definition) is 1. The second kappa shape index (κ2) is 8.55. The summed E-state index contributed by atoms with van der Waals surface area (Å²) in [5, 5.41) is 21.9. The minimum atomic E-state index is -0.723. The van der Waals surface area contributed by atoms with Gasteiger partial charge in [0.15, 0.2) is 6.73 Å². The van der Waals surface area contributed by atoms with E-state index in [0.29, 0.717) is 5.69 Å². The van der Waals surface area contributed by atoms with Crippen LogP contribution in [0.25, 0.3) is 0 Å². The summed E-state index contributed by atoms with van der Waals surface area (Å²) < 4.78 is 8.50. The lowest BCUT2D eigenvalue weighted by Crippen LogP contribution is -2.24. The van der Waals surface area contributed by atoms with Gasteiger partial charge in [-0.3, -0.25) is 19.6 Å². The highest BCUT2D eigenvalue weighted by molar-refractivity contribution is 5.93. The maximum Gasteiger partial charge on any atom is 0.309 e. The van der Waals surface area contributed by atoms with E-state index < -0.39 is 11.0 Å². The molecule has 0 fully saturated rings. The van der Waals surface area contributed by atoms with Crippen molar-refractivity contribution in [3.05, 3.63) is 64.2 Å². The van der Waals surface area contributed by atoms with E-state index in [0.717, 1.165) is 12.2 Å². The van der Waals surface area contributed by atoms with E-state index >= 15 is 0 Å². The lowest BCUT2D eigenvalue weighted by atomic mass is 10.2. The Kier molecular flexibility index (Phi) is 5.91. The van der Waals surface area contributed by atoms with Crippen LogP contribution in [0.15, 0.2) is 42.9 Å². The van der Waals surface area contributed by atoms with Gasteiger partial charge in [0, 0.05) is 0 Å². The third-order valence-electron chi connectivity index (χ3n) is 4.46. The largest absolute Gasteiger partial charge is 0.471 e. The molecule has 152 valence electrons. The Morgan fingerprint density at radius 1 is 1.31 bits per heavy atom. The zero-order valence-electron chi connectivity index (χ0n) is 16.4. The summed E-state index contributed by atoms with van der Waals surface area (Å²) in [4.78, 5) is 22.9. The maximum atomic E-state index is 12.4. The quantitative estimate of drug-likeness (QED) is 0.460. The van der Waals surface area contributed by atoms with Crippen molar-refractivity contribution >= 4 is 17.3 Å². The summed E-state index contributed by atoms with van der Waals surface area (Å²) in [5.74, 6) is 0.366. The van der Waals surface area contributed by atoms with Crippen LogP contribution in [0.1, 0.15) is 31.1 Å². The summed E-state index contributed by atoms with van der Waals surface area (Å²) in [6, 6.07) is 7.09. The zero-order valence-corrected chi connectivity index (χ0v) is 16.4. The van der Waals surface area contributed by atoms with Gasteiger partial charge in [-0.1, -0.05) is 19.1 Å². The van der Waals surface area contributed by atoms with Crippen molar-refractivity contribution < 1.29 is 14.5 Å². The smallest absolute Gasteiger partial charge is 0.309 e. The molecule has 10 nitrogen and oxygen atoms in total. The Hall–Kier alpha value is -3.69. The van der Waals surface area contributed by atoms with Crippen LogP contribution in [0.2, 0.25) is 0 Å². The van der Waals surface area contributed by atoms with E-state index in [-0.39, 0.29) is 24.0 Å². The number of nitrogens with one attached hydrogen (secondary N) is 1. The summed E-state index contributed by atoms with van der Waals surface area (Å²) >= 11 is 0. The molecule has 1 aromatic carbocycles. The molecule has 0 saturated carbocycles. The molecule has 0 radical (unpaired) electrons. The van der Waals surface area contributed by atoms with Crippen LogP contribution in [-0.4, -0.2) is 30.4 Å².